The molecule has 19 heavy (non-hydrogen) atoms. The van der Waals surface area contributed by atoms with Crippen LogP contribution in [0, 0.1) is 5.92 Å². The number of fused-ring (bicyclic) bond motifs is 1. The molecule has 0 aromatic heterocycles. The lowest BCUT2D eigenvalue weighted by molar-refractivity contribution is 0.541. The largest absolute Gasteiger partial charge is 0.399 e. The first-order valence-electron chi connectivity index (χ1n) is 6.75. The SMILES string of the molecule is CC(C)CCS(=O)(=O)NC1CCc2cc(N)ccc21. The van der Waals surface area contributed by atoms with Crippen molar-refractivity contribution in [2.75, 3.05) is 11.5 Å². The van der Waals surface area contributed by atoms with Gasteiger partial charge in [0.25, 0.3) is 0 Å². The van der Waals surface area contributed by atoms with Gasteiger partial charge < -0.3 is 5.73 Å². The van der Waals surface area contributed by atoms with E-state index in [1.54, 1.807) is 0 Å². The Morgan fingerprint density at radius 1 is 1.42 bits per heavy atom. The van der Waals surface area contributed by atoms with Gasteiger partial charge in [0.1, 0.15) is 0 Å². The Morgan fingerprint density at radius 2 is 2.16 bits per heavy atom. The maximum absolute atomic E-state index is 12.0. The summed E-state index contributed by atoms with van der Waals surface area (Å²) in [5, 5.41) is 0. The number of nitrogens with two attached hydrogens (primary N) is 1. The smallest absolute Gasteiger partial charge is 0.212 e. The van der Waals surface area contributed by atoms with Crippen LogP contribution in [-0.2, 0) is 16.4 Å². The molecule has 0 amide bonds. The number of nitrogens with one attached hydrogen (secondary N) is 1. The van der Waals surface area contributed by atoms with Crippen LogP contribution in [0.25, 0.3) is 0 Å². The molecule has 0 spiro atoms. The molecule has 5 heteroatoms. The number of hydrogen-bond donors (Lipinski definition) is 2. The Balaban J connectivity index is 2.06. The number of rotatable bonds is 5. The Morgan fingerprint density at radius 3 is 2.84 bits per heavy atom. The van der Waals surface area contributed by atoms with Crippen molar-refractivity contribution >= 4 is 15.7 Å². The first kappa shape index (κ1) is 14.3. The molecular weight excluding hydrogens is 260 g/mol. The summed E-state index contributed by atoms with van der Waals surface area (Å²) in [5.74, 6) is 0.595. The minimum atomic E-state index is -3.19. The predicted octanol–water partition coefficient (Wildman–Crippen LogP) is 2.22. The summed E-state index contributed by atoms with van der Waals surface area (Å²) >= 11 is 0. The van der Waals surface area contributed by atoms with E-state index in [9.17, 15) is 8.42 Å². The van der Waals surface area contributed by atoms with E-state index in [2.05, 4.69) is 4.72 Å². The van der Waals surface area contributed by atoms with Gasteiger partial charge >= 0.3 is 0 Å². The molecule has 4 nitrogen and oxygen atoms in total. The van der Waals surface area contributed by atoms with Crippen molar-refractivity contribution in [3.05, 3.63) is 29.3 Å². The highest BCUT2D eigenvalue weighted by Gasteiger charge is 2.26. The molecule has 1 aliphatic rings. The van der Waals surface area contributed by atoms with Gasteiger partial charge in [-0.2, -0.15) is 0 Å². The number of hydrogen-bond acceptors (Lipinski definition) is 3. The lowest BCUT2D eigenvalue weighted by atomic mass is 10.1. The van der Waals surface area contributed by atoms with Crippen LogP contribution in [0.1, 0.15) is 43.9 Å². The van der Waals surface area contributed by atoms with Gasteiger partial charge in [0, 0.05) is 11.7 Å². The maximum Gasteiger partial charge on any atom is 0.212 e. The summed E-state index contributed by atoms with van der Waals surface area (Å²) in [7, 11) is -3.19. The molecule has 3 N–H and O–H groups in total. The van der Waals surface area contributed by atoms with E-state index in [4.69, 9.17) is 5.73 Å². The molecule has 2 rings (SSSR count). The topological polar surface area (TPSA) is 72.2 Å². The Kier molecular flexibility index (Phi) is 4.16. The molecule has 0 fully saturated rings. The molecule has 0 saturated carbocycles. The van der Waals surface area contributed by atoms with Crippen LogP contribution in [0.5, 0.6) is 0 Å². The second-order valence-electron chi connectivity index (χ2n) is 5.67. The molecule has 0 saturated heterocycles. The monoisotopic (exact) mass is 282 g/mol. The van der Waals surface area contributed by atoms with Crippen LogP contribution in [0.3, 0.4) is 0 Å². The van der Waals surface area contributed by atoms with Gasteiger partial charge in [-0.05, 0) is 48.4 Å². The van der Waals surface area contributed by atoms with E-state index >= 15 is 0 Å². The van der Waals surface area contributed by atoms with Crippen molar-refractivity contribution in [2.45, 2.75) is 39.2 Å². The number of nitrogen functional groups attached to an aromatic ring is 1. The number of benzene rings is 1. The van der Waals surface area contributed by atoms with Crippen LogP contribution in [0.4, 0.5) is 5.69 Å². The lowest BCUT2D eigenvalue weighted by Crippen LogP contribution is -2.30. The number of sulfonamides is 1. The van der Waals surface area contributed by atoms with Crippen molar-refractivity contribution < 1.29 is 8.42 Å². The van der Waals surface area contributed by atoms with E-state index < -0.39 is 10.0 Å². The summed E-state index contributed by atoms with van der Waals surface area (Å²) in [6.07, 6.45) is 2.40. The van der Waals surface area contributed by atoms with Gasteiger partial charge in [0.15, 0.2) is 0 Å². The molecule has 1 aromatic rings. The zero-order valence-corrected chi connectivity index (χ0v) is 12.3. The molecule has 1 aromatic carbocycles. The Labute approximate surface area is 115 Å². The highest BCUT2D eigenvalue weighted by Crippen LogP contribution is 2.32. The van der Waals surface area contributed by atoms with Gasteiger partial charge in [0.2, 0.25) is 10.0 Å². The van der Waals surface area contributed by atoms with Crippen LogP contribution in [-0.4, -0.2) is 14.2 Å². The molecule has 1 unspecified atom stereocenters. The van der Waals surface area contributed by atoms with Crippen molar-refractivity contribution in [2.24, 2.45) is 5.92 Å². The van der Waals surface area contributed by atoms with Gasteiger partial charge in [0.05, 0.1) is 5.75 Å². The average Bonchev–Trinajstić information content (AvgIpc) is 2.68. The Hall–Kier alpha value is -1.07. The first-order valence-corrected chi connectivity index (χ1v) is 8.41. The fraction of sp³-hybridized carbons (Fsp3) is 0.571. The second kappa shape index (κ2) is 5.51. The molecule has 1 aliphatic carbocycles. The summed E-state index contributed by atoms with van der Waals surface area (Å²) in [5.41, 5.74) is 8.72. The van der Waals surface area contributed by atoms with Gasteiger partial charge in [-0.15, -0.1) is 0 Å². The van der Waals surface area contributed by atoms with Crippen LogP contribution in [0.2, 0.25) is 0 Å². The molecule has 0 radical (unpaired) electrons. The van der Waals surface area contributed by atoms with E-state index in [1.165, 1.54) is 0 Å². The Bertz CT molecular complexity index is 553. The van der Waals surface area contributed by atoms with E-state index in [1.807, 2.05) is 32.0 Å². The van der Waals surface area contributed by atoms with Crippen molar-refractivity contribution in [1.29, 1.82) is 0 Å². The second-order valence-corrected chi connectivity index (χ2v) is 7.54. The normalized spacial score (nSPS) is 18.8. The number of anilines is 1. The third kappa shape index (κ3) is 3.70. The van der Waals surface area contributed by atoms with Crippen LogP contribution in [0.15, 0.2) is 18.2 Å². The van der Waals surface area contributed by atoms with Crippen LogP contribution >= 0.6 is 0 Å². The summed E-state index contributed by atoms with van der Waals surface area (Å²) in [4.78, 5) is 0. The fourth-order valence-electron chi connectivity index (χ4n) is 2.43. The van der Waals surface area contributed by atoms with Crippen molar-refractivity contribution in [3.63, 3.8) is 0 Å². The molecule has 106 valence electrons. The summed E-state index contributed by atoms with van der Waals surface area (Å²) in [6, 6.07) is 5.62. The fourth-order valence-corrected chi connectivity index (χ4v) is 4.00. The molecular formula is C14H22N2O2S. The molecule has 1 atom stereocenters. The highest BCUT2D eigenvalue weighted by atomic mass is 32.2. The van der Waals surface area contributed by atoms with Crippen molar-refractivity contribution in [3.8, 4) is 0 Å². The van der Waals surface area contributed by atoms with E-state index in [-0.39, 0.29) is 11.8 Å². The minimum absolute atomic E-state index is 0.0900. The van der Waals surface area contributed by atoms with E-state index in [0.29, 0.717) is 12.3 Å². The molecule has 0 heterocycles. The average molecular weight is 282 g/mol. The van der Waals surface area contributed by atoms with Crippen LogP contribution < -0.4 is 10.5 Å². The maximum atomic E-state index is 12.0. The zero-order chi connectivity index (χ0) is 14.0. The third-order valence-corrected chi connectivity index (χ3v) is 4.95. The summed E-state index contributed by atoms with van der Waals surface area (Å²) in [6.45, 7) is 4.06. The molecule has 0 aliphatic heterocycles. The van der Waals surface area contributed by atoms with E-state index in [0.717, 1.165) is 29.7 Å². The standard InChI is InChI=1S/C14H22N2O2S/c1-10(2)7-8-19(17,18)16-14-6-3-11-9-12(15)4-5-13(11)14/h4-5,9-10,14,16H,3,6-8,15H2,1-2H3. The number of aryl methyl sites for hydroxylation is 1. The first-order chi connectivity index (χ1) is 8.87. The predicted molar refractivity (Wildman–Crippen MR) is 78.3 cm³/mol. The highest BCUT2D eigenvalue weighted by molar-refractivity contribution is 7.89. The third-order valence-electron chi connectivity index (χ3n) is 3.53. The zero-order valence-electron chi connectivity index (χ0n) is 11.5. The quantitative estimate of drug-likeness (QED) is 0.813. The summed E-state index contributed by atoms with van der Waals surface area (Å²) < 4.78 is 26.9. The minimum Gasteiger partial charge on any atom is -0.399 e. The lowest BCUT2D eigenvalue weighted by Gasteiger charge is -2.15. The molecule has 0 bridgehead atoms. The van der Waals surface area contributed by atoms with Gasteiger partial charge in [-0.1, -0.05) is 19.9 Å². The van der Waals surface area contributed by atoms with Gasteiger partial charge in [-0.3, -0.25) is 0 Å². The van der Waals surface area contributed by atoms with Gasteiger partial charge in [-0.25, -0.2) is 13.1 Å². The van der Waals surface area contributed by atoms with Crippen molar-refractivity contribution in [1.82, 2.24) is 4.72 Å².